The maximum Gasteiger partial charge on any atom is 0.227 e. The molecular weight excluding hydrogens is 285 g/mol. The van der Waals surface area contributed by atoms with Gasteiger partial charge in [-0.15, -0.1) is 0 Å². The summed E-state index contributed by atoms with van der Waals surface area (Å²) in [6.45, 7) is 0. The fourth-order valence-corrected chi connectivity index (χ4v) is 3.10. The van der Waals surface area contributed by atoms with Crippen LogP contribution in [-0.2, 0) is 4.79 Å². The van der Waals surface area contributed by atoms with Gasteiger partial charge < -0.3 is 5.32 Å². The zero-order valence-electron chi connectivity index (χ0n) is 9.25. The molecule has 1 amide bonds. The molecular formula is C13H13BrFNO. The van der Waals surface area contributed by atoms with Crippen LogP contribution >= 0.6 is 15.9 Å². The number of carbonyl (C=O) groups is 1. The summed E-state index contributed by atoms with van der Waals surface area (Å²) in [5.74, 6) is 1.37. The van der Waals surface area contributed by atoms with E-state index in [1.165, 1.54) is 18.6 Å². The van der Waals surface area contributed by atoms with Crippen molar-refractivity contribution >= 4 is 27.5 Å². The van der Waals surface area contributed by atoms with Gasteiger partial charge in [-0.05, 0) is 65.2 Å². The topological polar surface area (TPSA) is 29.1 Å². The molecule has 2 aliphatic rings. The average molecular weight is 298 g/mol. The molecule has 2 saturated carbocycles. The lowest BCUT2D eigenvalue weighted by atomic mass is 10.0. The van der Waals surface area contributed by atoms with E-state index in [-0.39, 0.29) is 17.6 Å². The van der Waals surface area contributed by atoms with Crippen LogP contribution in [0.4, 0.5) is 10.1 Å². The Bertz CT molecular complexity index is 466. The van der Waals surface area contributed by atoms with Crippen LogP contribution in [0, 0.1) is 23.6 Å². The highest BCUT2D eigenvalue weighted by atomic mass is 79.9. The predicted octanol–water partition coefficient (Wildman–Crippen LogP) is 3.57. The molecule has 1 N–H and O–H groups in total. The van der Waals surface area contributed by atoms with Crippen LogP contribution in [0.5, 0.6) is 0 Å². The molecule has 0 bridgehead atoms. The number of anilines is 1. The molecule has 2 atom stereocenters. The average Bonchev–Trinajstić information content (AvgIpc) is 2.91. The molecule has 0 aromatic heterocycles. The Labute approximate surface area is 108 Å². The van der Waals surface area contributed by atoms with Crippen LogP contribution in [0.15, 0.2) is 22.7 Å². The van der Waals surface area contributed by atoms with Gasteiger partial charge >= 0.3 is 0 Å². The zero-order chi connectivity index (χ0) is 12.0. The number of amides is 1. The highest BCUT2D eigenvalue weighted by Crippen LogP contribution is 2.54. The molecule has 2 fully saturated rings. The van der Waals surface area contributed by atoms with Crippen LogP contribution in [-0.4, -0.2) is 5.91 Å². The zero-order valence-corrected chi connectivity index (χ0v) is 10.8. The van der Waals surface area contributed by atoms with Crippen molar-refractivity contribution in [1.82, 2.24) is 0 Å². The van der Waals surface area contributed by atoms with E-state index >= 15 is 0 Å². The number of hydrogen-bond acceptors (Lipinski definition) is 1. The molecule has 17 heavy (non-hydrogen) atoms. The van der Waals surface area contributed by atoms with E-state index < -0.39 is 0 Å². The second-order valence-electron chi connectivity index (χ2n) is 5.04. The normalized spacial score (nSPS) is 29.9. The Morgan fingerprint density at radius 2 is 2.00 bits per heavy atom. The number of nitrogens with one attached hydrogen (secondary N) is 1. The highest BCUT2D eigenvalue weighted by molar-refractivity contribution is 9.10. The Morgan fingerprint density at radius 3 is 2.71 bits per heavy atom. The fourth-order valence-electron chi connectivity index (χ4n) is 2.76. The Hall–Kier alpha value is -0.900. The lowest BCUT2D eigenvalue weighted by Crippen LogP contribution is -2.21. The van der Waals surface area contributed by atoms with E-state index in [1.54, 1.807) is 6.07 Å². The van der Waals surface area contributed by atoms with Crippen molar-refractivity contribution in [2.24, 2.45) is 17.8 Å². The Balaban J connectivity index is 1.69. The molecule has 90 valence electrons. The van der Waals surface area contributed by atoms with Crippen molar-refractivity contribution in [2.45, 2.75) is 19.3 Å². The first-order valence-electron chi connectivity index (χ1n) is 5.89. The third-order valence-electron chi connectivity index (χ3n) is 3.80. The molecule has 0 saturated heterocycles. The lowest BCUT2D eigenvalue weighted by molar-refractivity contribution is -0.120. The van der Waals surface area contributed by atoms with Gasteiger partial charge in [-0.3, -0.25) is 4.79 Å². The molecule has 2 unspecified atom stereocenters. The van der Waals surface area contributed by atoms with Crippen molar-refractivity contribution in [3.8, 4) is 0 Å². The molecule has 3 rings (SSSR count). The summed E-state index contributed by atoms with van der Waals surface area (Å²) in [4.78, 5) is 12.0. The first-order valence-corrected chi connectivity index (χ1v) is 6.68. The quantitative estimate of drug-likeness (QED) is 0.888. The van der Waals surface area contributed by atoms with Gasteiger partial charge in [-0.2, -0.15) is 0 Å². The van der Waals surface area contributed by atoms with Crippen LogP contribution in [0.25, 0.3) is 0 Å². The SMILES string of the molecule is O=C(Nc1cc(F)ccc1Br)C1CC2CC2C1. The summed E-state index contributed by atoms with van der Waals surface area (Å²) in [6.07, 6.45) is 3.31. The first-order chi connectivity index (χ1) is 8.13. The fraction of sp³-hybridized carbons (Fsp3) is 0.462. The maximum atomic E-state index is 13.1. The number of carbonyl (C=O) groups excluding carboxylic acids is 1. The highest BCUT2D eigenvalue weighted by Gasteiger charge is 2.47. The van der Waals surface area contributed by atoms with Crippen molar-refractivity contribution in [3.63, 3.8) is 0 Å². The number of fused-ring (bicyclic) bond motifs is 1. The molecule has 0 spiro atoms. The van der Waals surface area contributed by atoms with E-state index in [2.05, 4.69) is 21.2 Å². The second-order valence-corrected chi connectivity index (χ2v) is 5.89. The molecule has 0 heterocycles. The van der Waals surface area contributed by atoms with Crippen LogP contribution < -0.4 is 5.32 Å². The van der Waals surface area contributed by atoms with Crippen LogP contribution in [0.3, 0.4) is 0 Å². The monoisotopic (exact) mass is 297 g/mol. The van der Waals surface area contributed by atoms with Crippen molar-refractivity contribution < 1.29 is 9.18 Å². The van der Waals surface area contributed by atoms with E-state index in [9.17, 15) is 9.18 Å². The number of hydrogen-bond donors (Lipinski definition) is 1. The van der Waals surface area contributed by atoms with Gasteiger partial charge in [0.15, 0.2) is 0 Å². The third-order valence-corrected chi connectivity index (χ3v) is 4.49. The van der Waals surface area contributed by atoms with Gasteiger partial charge in [0, 0.05) is 10.4 Å². The number of halogens is 2. The predicted molar refractivity (Wildman–Crippen MR) is 67.1 cm³/mol. The number of benzene rings is 1. The van der Waals surface area contributed by atoms with Gasteiger partial charge in [0.1, 0.15) is 5.82 Å². The van der Waals surface area contributed by atoms with Gasteiger partial charge in [-0.25, -0.2) is 4.39 Å². The smallest absolute Gasteiger partial charge is 0.227 e. The Morgan fingerprint density at radius 1 is 1.29 bits per heavy atom. The van der Waals surface area contributed by atoms with Gasteiger partial charge in [0.2, 0.25) is 5.91 Å². The first kappa shape index (κ1) is 11.2. The summed E-state index contributed by atoms with van der Waals surface area (Å²) >= 11 is 3.31. The molecule has 1 aromatic rings. The van der Waals surface area contributed by atoms with E-state index in [4.69, 9.17) is 0 Å². The van der Waals surface area contributed by atoms with E-state index in [0.29, 0.717) is 5.69 Å². The van der Waals surface area contributed by atoms with Crippen molar-refractivity contribution in [2.75, 3.05) is 5.32 Å². The number of rotatable bonds is 2. The maximum absolute atomic E-state index is 13.1. The molecule has 0 aliphatic heterocycles. The van der Waals surface area contributed by atoms with Crippen molar-refractivity contribution in [3.05, 3.63) is 28.5 Å². The third kappa shape index (κ3) is 2.23. The lowest BCUT2D eigenvalue weighted by Gasteiger charge is -2.13. The minimum absolute atomic E-state index is 0.0310. The summed E-state index contributed by atoms with van der Waals surface area (Å²) < 4.78 is 13.8. The summed E-state index contributed by atoms with van der Waals surface area (Å²) in [7, 11) is 0. The summed E-state index contributed by atoms with van der Waals surface area (Å²) in [5.41, 5.74) is 0.524. The minimum atomic E-state index is -0.335. The molecule has 0 radical (unpaired) electrons. The Kier molecular flexibility index (Phi) is 2.69. The summed E-state index contributed by atoms with van der Waals surface area (Å²) in [5, 5.41) is 2.81. The minimum Gasteiger partial charge on any atom is -0.325 e. The van der Waals surface area contributed by atoms with Gasteiger partial charge in [0.25, 0.3) is 0 Å². The standard InChI is InChI=1S/C13H13BrFNO/c14-11-2-1-10(15)6-12(11)16-13(17)9-4-7-3-8(7)5-9/h1-2,6-9H,3-5H2,(H,16,17). The van der Waals surface area contributed by atoms with Gasteiger partial charge in [-0.1, -0.05) is 0 Å². The molecule has 2 nitrogen and oxygen atoms in total. The van der Waals surface area contributed by atoms with Crippen LogP contribution in [0.1, 0.15) is 19.3 Å². The van der Waals surface area contributed by atoms with Crippen LogP contribution in [0.2, 0.25) is 0 Å². The molecule has 2 aliphatic carbocycles. The second kappa shape index (κ2) is 4.09. The molecule has 4 heteroatoms. The molecule has 1 aromatic carbocycles. The largest absolute Gasteiger partial charge is 0.325 e. The van der Waals surface area contributed by atoms with Gasteiger partial charge in [0.05, 0.1) is 5.69 Å². The summed E-state index contributed by atoms with van der Waals surface area (Å²) in [6, 6.07) is 4.32. The van der Waals surface area contributed by atoms with E-state index in [1.807, 2.05) is 0 Å². The van der Waals surface area contributed by atoms with E-state index in [0.717, 1.165) is 29.2 Å². The van der Waals surface area contributed by atoms with Crippen molar-refractivity contribution in [1.29, 1.82) is 0 Å².